The number of nitro benzene ring substituents is 1. The van der Waals surface area contributed by atoms with E-state index in [0.717, 1.165) is 12.1 Å². The van der Waals surface area contributed by atoms with Gasteiger partial charge in [-0.15, -0.1) is 0 Å². The lowest BCUT2D eigenvalue weighted by molar-refractivity contribution is -0.385. The highest BCUT2D eigenvalue weighted by Crippen LogP contribution is 2.38. The molecule has 0 spiro atoms. The van der Waals surface area contributed by atoms with Crippen molar-refractivity contribution in [2.75, 3.05) is 7.05 Å². The summed E-state index contributed by atoms with van der Waals surface area (Å²) in [5.41, 5.74) is 0.231. The van der Waals surface area contributed by atoms with Crippen molar-refractivity contribution >= 4 is 12.0 Å². The minimum Gasteiger partial charge on any atom is -0.301 e. The highest BCUT2D eigenvalue weighted by Gasteiger charge is 2.36. The monoisotopic (exact) mass is 224 g/mol. The summed E-state index contributed by atoms with van der Waals surface area (Å²) in [5, 5.41) is 10.8. The summed E-state index contributed by atoms with van der Waals surface area (Å²) in [7, 11) is 1.63. The van der Waals surface area contributed by atoms with Crippen LogP contribution in [-0.2, 0) is 11.3 Å². The lowest BCUT2D eigenvalue weighted by Crippen LogP contribution is -2.17. The fraction of sp³-hybridized carbons (Fsp3) is 0.300. The van der Waals surface area contributed by atoms with Gasteiger partial charge in [-0.05, 0) is 13.1 Å². The van der Waals surface area contributed by atoms with Gasteiger partial charge in [0.2, 0.25) is 0 Å². The number of rotatable bonds is 2. The third-order valence-corrected chi connectivity index (χ3v) is 2.78. The van der Waals surface area contributed by atoms with Gasteiger partial charge in [-0.1, -0.05) is 0 Å². The molecule has 1 unspecified atom stereocenters. The van der Waals surface area contributed by atoms with E-state index in [4.69, 9.17) is 0 Å². The largest absolute Gasteiger partial charge is 0.301 e. The van der Waals surface area contributed by atoms with Crippen molar-refractivity contribution in [3.8, 4) is 0 Å². The zero-order valence-electron chi connectivity index (χ0n) is 8.51. The van der Waals surface area contributed by atoms with Crippen LogP contribution >= 0.6 is 0 Å². The Bertz CT molecular complexity index is 475. The molecule has 0 bridgehead atoms. The Kier molecular flexibility index (Phi) is 2.43. The van der Waals surface area contributed by atoms with Crippen molar-refractivity contribution in [1.29, 1.82) is 0 Å². The van der Waals surface area contributed by atoms with Gasteiger partial charge >= 0.3 is 0 Å². The highest BCUT2D eigenvalue weighted by molar-refractivity contribution is 5.68. The number of hydrogen-bond donors (Lipinski definition) is 0. The Morgan fingerprint density at radius 3 is 2.88 bits per heavy atom. The number of fused-ring (bicyclic) bond motifs is 1. The van der Waals surface area contributed by atoms with E-state index in [1.165, 1.54) is 0 Å². The van der Waals surface area contributed by atoms with Gasteiger partial charge in [-0.3, -0.25) is 15.0 Å². The molecule has 0 aliphatic carbocycles. The number of likely N-dealkylation sites (N-methyl/N-ethyl adjacent to an activating group) is 1. The number of halogens is 1. The molecule has 84 valence electrons. The van der Waals surface area contributed by atoms with Gasteiger partial charge in [-0.2, -0.15) is 0 Å². The van der Waals surface area contributed by atoms with E-state index in [1.54, 1.807) is 11.9 Å². The van der Waals surface area contributed by atoms with Crippen molar-refractivity contribution in [3.63, 3.8) is 0 Å². The third-order valence-electron chi connectivity index (χ3n) is 2.78. The van der Waals surface area contributed by atoms with Crippen LogP contribution in [0.4, 0.5) is 10.1 Å². The van der Waals surface area contributed by atoms with Crippen LogP contribution in [0.25, 0.3) is 0 Å². The van der Waals surface area contributed by atoms with Gasteiger partial charge in [0.15, 0.2) is 0 Å². The van der Waals surface area contributed by atoms with Crippen LogP contribution in [0.15, 0.2) is 12.1 Å². The van der Waals surface area contributed by atoms with Gasteiger partial charge in [0.05, 0.1) is 16.5 Å². The Balaban J connectivity index is 2.68. The first kappa shape index (κ1) is 10.7. The predicted octanol–water partition coefficient (Wildman–Crippen LogP) is 1.42. The van der Waals surface area contributed by atoms with Crippen LogP contribution < -0.4 is 0 Å². The Morgan fingerprint density at radius 1 is 1.62 bits per heavy atom. The maximum atomic E-state index is 13.5. The Hall–Kier alpha value is -1.82. The molecule has 0 amide bonds. The van der Waals surface area contributed by atoms with E-state index in [-0.39, 0.29) is 23.4 Å². The maximum Gasteiger partial charge on any atom is 0.275 e. The van der Waals surface area contributed by atoms with E-state index in [0.29, 0.717) is 6.29 Å². The fourth-order valence-corrected chi connectivity index (χ4v) is 2.02. The molecule has 1 aromatic rings. The first-order valence-electron chi connectivity index (χ1n) is 4.67. The van der Waals surface area contributed by atoms with Gasteiger partial charge in [0.1, 0.15) is 12.1 Å². The first-order valence-corrected chi connectivity index (χ1v) is 4.67. The van der Waals surface area contributed by atoms with E-state index in [9.17, 15) is 19.3 Å². The van der Waals surface area contributed by atoms with Crippen LogP contribution in [0, 0.1) is 15.9 Å². The zero-order valence-corrected chi connectivity index (χ0v) is 8.51. The molecule has 0 N–H and O–H groups in total. The summed E-state index contributed by atoms with van der Waals surface area (Å²) >= 11 is 0. The molecule has 1 atom stereocenters. The van der Waals surface area contributed by atoms with Gasteiger partial charge in [0, 0.05) is 18.2 Å². The van der Waals surface area contributed by atoms with E-state index in [1.807, 2.05) is 0 Å². The average Bonchev–Trinajstić information content (AvgIpc) is 2.55. The number of carbonyl (C=O) groups is 1. The van der Waals surface area contributed by atoms with Crippen LogP contribution in [0.5, 0.6) is 0 Å². The number of hydrogen-bond acceptors (Lipinski definition) is 4. The van der Waals surface area contributed by atoms with E-state index in [2.05, 4.69) is 0 Å². The fourth-order valence-electron chi connectivity index (χ4n) is 2.02. The molecule has 16 heavy (non-hydrogen) atoms. The number of nitro groups is 1. The van der Waals surface area contributed by atoms with Crippen molar-refractivity contribution in [3.05, 3.63) is 39.2 Å². The third kappa shape index (κ3) is 1.38. The summed E-state index contributed by atoms with van der Waals surface area (Å²) in [6.07, 6.45) is 0.596. The zero-order chi connectivity index (χ0) is 11.9. The summed E-state index contributed by atoms with van der Waals surface area (Å²) in [5.74, 6) is -0.503. The minimum absolute atomic E-state index is 0.183. The molecular formula is C10H9FN2O3. The molecule has 2 rings (SSSR count). The molecule has 0 aromatic heterocycles. The number of benzene rings is 1. The maximum absolute atomic E-state index is 13.5. The number of carbonyl (C=O) groups excluding carboxylic acids is 1. The molecule has 1 heterocycles. The van der Waals surface area contributed by atoms with Crippen LogP contribution in [0.3, 0.4) is 0 Å². The van der Waals surface area contributed by atoms with Crippen molar-refractivity contribution in [1.82, 2.24) is 4.90 Å². The second kappa shape index (κ2) is 3.64. The Labute approximate surface area is 90.6 Å². The summed E-state index contributed by atoms with van der Waals surface area (Å²) in [6, 6.07) is 1.44. The van der Waals surface area contributed by atoms with Gasteiger partial charge in [-0.25, -0.2) is 4.39 Å². The van der Waals surface area contributed by atoms with Gasteiger partial charge < -0.3 is 4.79 Å². The normalized spacial score (nSPS) is 19.5. The first-order chi connectivity index (χ1) is 7.56. The molecular weight excluding hydrogens is 215 g/mol. The second-order valence-electron chi connectivity index (χ2n) is 3.71. The standard InChI is InChI=1S/C10H9FN2O3/c1-12-4-6-7(11)2-3-8(13(15)16)10(6)9(12)5-14/h2-3,5,9H,4H2,1H3. The van der Waals surface area contributed by atoms with Crippen molar-refractivity contribution < 1.29 is 14.1 Å². The lowest BCUT2D eigenvalue weighted by Gasteiger charge is -2.12. The molecule has 1 aliphatic rings. The minimum atomic E-state index is -0.730. The van der Waals surface area contributed by atoms with Crippen LogP contribution in [0.2, 0.25) is 0 Å². The molecule has 1 aromatic carbocycles. The predicted molar refractivity (Wildman–Crippen MR) is 53.3 cm³/mol. The summed E-state index contributed by atoms with van der Waals surface area (Å²) < 4.78 is 13.5. The van der Waals surface area contributed by atoms with E-state index < -0.39 is 16.8 Å². The number of nitrogens with zero attached hydrogens (tertiary/aromatic N) is 2. The molecule has 0 saturated carbocycles. The van der Waals surface area contributed by atoms with Crippen molar-refractivity contribution in [2.45, 2.75) is 12.6 Å². The smallest absolute Gasteiger partial charge is 0.275 e. The van der Waals surface area contributed by atoms with Crippen LogP contribution in [0.1, 0.15) is 17.2 Å². The summed E-state index contributed by atoms with van der Waals surface area (Å²) in [4.78, 5) is 22.7. The molecule has 0 radical (unpaired) electrons. The molecule has 5 nitrogen and oxygen atoms in total. The highest BCUT2D eigenvalue weighted by atomic mass is 19.1. The summed E-state index contributed by atoms with van der Waals surface area (Å²) in [6.45, 7) is 0.215. The lowest BCUT2D eigenvalue weighted by atomic mass is 10.0. The topological polar surface area (TPSA) is 63.4 Å². The van der Waals surface area contributed by atoms with E-state index >= 15 is 0 Å². The molecule has 1 aliphatic heterocycles. The SMILES string of the molecule is CN1Cc2c(F)ccc([N+](=O)[O-])c2C1C=O. The van der Waals surface area contributed by atoms with Crippen LogP contribution in [-0.4, -0.2) is 23.2 Å². The number of aldehydes is 1. The average molecular weight is 224 g/mol. The Morgan fingerprint density at radius 2 is 2.31 bits per heavy atom. The molecule has 0 saturated heterocycles. The molecule has 0 fully saturated rings. The molecule has 6 heteroatoms. The second-order valence-corrected chi connectivity index (χ2v) is 3.71. The quantitative estimate of drug-likeness (QED) is 0.433. The van der Waals surface area contributed by atoms with Gasteiger partial charge in [0.25, 0.3) is 5.69 Å². The van der Waals surface area contributed by atoms with Crippen molar-refractivity contribution in [2.24, 2.45) is 0 Å².